The van der Waals surface area contributed by atoms with Gasteiger partial charge in [-0.2, -0.15) is 0 Å². The molecule has 6 rings (SSSR count). The molecule has 1 aromatic heterocycles. The fourth-order valence-corrected chi connectivity index (χ4v) is 9.84. The van der Waals surface area contributed by atoms with Gasteiger partial charge in [0.2, 0.25) is 0 Å². The molecule has 0 bridgehead atoms. The molecule has 9 nitrogen and oxygen atoms in total. The Morgan fingerprint density at radius 2 is 1.86 bits per heavy atom. The SMILES string of the molecule is CCC1CC(C2OCCC(c3cnc(C4CCCN4C(O)C(N)C(C)C)[nH]3)C=CCC3=CCCC(C4CN=C(C(C)C)N4)CCCN32)CCC1C. The Hall–Kier alpha value is -2.20. The van der Waals surface area contributed by atoms with Crippen LogP contribution in [0.5, 0.6) is 0 Å². The molecule has 0 amide bonds. The molecule has 4 aliphatic heterocycles. The Kier molecular flexibility index (Phi) is 13.4. The number of likely N-dealkylation sites (tertiary alicyclic amines) is 1. The number of H-pyrrole nitrogens is 1. The number of hydrogen-bond donors (Lipinski definition) is 4. The molecule has 10 unspecified atom stereocenters. The van der Waals surface area contributed by atoms with Crippen LogP contribution in [0.2, 0.25) is 0 Å². The van der Waals surface area contributed by atoms with E-state index in [0.29, 0.717) is 23.8 Å². The van der Waals surface area contributed by atoms with Crippen molar-refractivity contribution in [2.75, 3.05) is 26.2 Å². The number of allylic oxidation sites excluding steroid dienone is 3. The summed E-state index contributed by atoms with van der Waals surface area (Å²) in [7, 11) is 0. The number of ether oxygens (including phenoxy) is 1. The first-order valence-electron chi connectivity index (χ1n) is 20.9. The maximum absolute atomic E-state index is 11.1. The van der Waals surface area contributed by atoms with Crippen molar-refractivity contribution in [1.82, 2.24) is 25.1 Å². The summed E-state index contributed by atoms with van der Waals surface area (Å²) in [6.45, 7) is 17.0. The van der Waals surface area contributed by atoms with E-state index in [0.717, 1.165) is 81.7 Å². The van der Waals surface area contributed by atoms with Crippen LogP contribution in [-0.4, -0.2) is 81.5 Å². The number of aliphatic hydroxyl groups excluding tert-OH is 1. The standard InChI is InChI=1S/C42H71N7O2/c1-7-30-24-33(19-18-29(30)6)42-48-21-10-14-31(35-25-44-39(46-35)28(4)5)12-8-15-34(48)16-9-13-32(20-23-51-42)36-26-45-40(47-36)37-17-11-22-49(37)41(50)38(43)27(2)3/h9,13,15,26-33,35,37-38,41-42,50H,7-8,10-12,14,16-25,43H2,1-6H3,(H,44,46)(H,45,47). The van der Waals surface area contributed by atoms with E-state index in [1.54, 1.807) is 0 Å². The molecular formula is C42H71N7O2. The molecular weight excluding hydrogens is 635 g/mol. The quantitative estimate of drug-likeness (QED) is 0.197. The van der Waals surface area contributed by atoms with E-state index in [9.17, 15) is 5.11 Å². The molecule has 51 heavy (non-hydrogen) atoms. The van der Waals surface area contributed by atoms with E-state index in [4.69, 9.17) is 20.4 Å². The van der Waals surface area contributed by atoms with Gasteiger partial charge in [-0.3, -0.25) is 9.89 Å². The monoisotopic (exact) mass is 706 g/mol. The van der Waals surface area contributed by atoms with E-state index in [-0.39, 0.29) is 30.1 Å². The number of aromatic nitrogens is 2. The van der Waals surface area contributed by atoms with E-state index < -0.39 is 6.23 Å². The van der Waals surface area contributed by atoms with Crippen molar-refractivity contribution in [2.45, 2.75) is 155 Å². The second-order valence-electron chi connectivity index (χ2n) is 17.4. The van der Waals surface area contributed by atoms with Crippen LogP contribution in [0.1, 0.15) is 142 Å². The Bertz CT molecular complexity index is 1340. The van der Waals surface area contributed by atoms with E-state index in [2.05, 4.69) is 79.9 Å². The highest BCUT2D eigenvalue weighted by molar-refractivity contribution is 5.85. The molecule has 2 fully saturated rings. The zero-order chi connectivity index (χ0) is 36.1. The van der Waals surface area contributed by atoms with E-state index >= 15 is 0 Å². The zero-order valence-electron chi connectivity index (χ0n) is 32.8. The van der Waals surface area contributed by atoms with Crippen LogP contribution in [0.4, 0.5) is 0 Å². The number of imidazole rings is 1. The van der Waals surface area contributed by atoms with E-state index in [1.165, 1.54) is 56.5 Å². The van der Waals surface area contributed by atoms with Gasteiger partial charge < -0.3 is 30.8 Å². The minimum atomic E-state index is -0.667. The molecule has 1 saturated carbocycles. The topological polar surface area (TPSA) is 115 Å². The highest BCUT2D eigenvalue weighted by Gasteiger charge is 2.38. The first kappa shape index (κ1) is 38.5. The van der Waals surface area contributed by atoms with Crippen LogP contribution in [-0.2, 0) is 4.74 Å². The predicted octanol–water partition coefficient (Wildman–Crippen LogP) is 7.49. The lowest BCUT2D eigenvalue weighted by Gasteiger charge is -2.44. The first-order chi connectivity index (χ1) is 24.6. The van der Waals surface area contributed by atoms with Crippen molar-refractivity contribution in [3.05, 3.63) is 41.6 Å². The maximum Gasteiger partial charge on any atom is 0.132 e. The highest BCUT2D eigenvalue weighted by atomic mass is 16.5. The third-order valence-corrected chi connectivity index (χ3v) is 13.3. The molecule has 1 saturated heterocycles. The third kappa shape index (κ3) is 9.13. The Balaban J connectivity index is 1.21. The summed E-state index contributed by atoms with van der Waals surface area (Å²) in [5.74, 6) is 5.80. The molecule has 286 valence electrons. The number of aliphatic imine (C=N–C) groups is 1. The minimum Gasteiger partial charge on any atom is -0.377 e. The largest absolute Gasteiger partial charge is 0.377 e. The molecule has 0 radical (unpaired) electrons. The average molecular weight is 706 g/mol. The number of amidine groups is 1. The lowest BCUT2D eigenvalue weighted by atomic mass is 9.73. The minimum absolute atomic E-state index is 0.0623. The zero-order valence-corrected chi connectivity index (χ0v) is 32.8. The number of aliphatic hydroxyl groups is 1. The molecule has 0 aromatic carbocycles. The predicted molar refractivity (Wildman–Crippen MR) is 208 cm³/mol. The number of nitrogens with one attached hydrogen (secondary N) is 2. The van der Waals surface area contributed by atoms with Gasteiger partial charge in [0.25, 0.3) is 0 Å². The van der Waals surface area contributed by atoms with Gasteiger partial charge in [-0.25, -0.2) is 4.98 Å². The van der Waals surface area contributed by atoms with Crippen LogP contribution in [0.25, 0.3) is 0 Å². The number of hydrogen-bond acceptors (Lipinski definition) is 8. The Morgan fingerprint density at radius 1 is 1.04 bits per heavy atom. The van der Waals surface area contributed by atoms with Gasteiger partial charge >= 0.3 is 0 Å². The van der Waals surface area contributed by atoms with Crippen molar-refractivity contribution in [3.8, 4) is 0 Å². The van der Waals surface area contributed by atoms with Crippen molar-refractivity contribution in [1.29, 1.82) is 0 Å². The fourth-order valence-electron chi connectivity index (χ4n) is 9.84. The lowest BCUT2D eigenvalue weighted by Crippen LogP contribution is -2.50. The molecule has 10 atom stereocenters. The third-order valence-electron chi connectivity index (χ3n) is 13.3. The van der Waals surface area contributed by atoms with Crippen molar-refractivity contribution in [3.63, 3.8) is 0 Å². The van der Waals surface area contributed by atoms with Crippen LogP contribution >= 0.6 is 0 Å². The first-order valence-corrected chi connectivity index (χ1v) is 20.9. The Morgan fingerprint density at radius 3 is 2.63 bits per heavy atom. The lowest BCUT2D eigenvalue weighted by molar-refractivity contribution is -0.0989. The maximum atomic E-state index is 11.1. The summed E-state index contributed by atoms with van der Waals surface area (Å²) < 4.78 is 7.15. The Labute approximate surface area is 309 Å². The van der Waals surface area contributed by atoms with Gasteiger partial charge in [-0.15, -0.1) is 0 Å². The van der Waals surface area contributed by atoms with Crippen LogP contribution in [0, 0.1) is 35.5 Å². The molecule has 0 spiro atoms. The van der Waals surface area contributed by atoms with Crippen molar-refractivity contribution >= 4 is 5.84 Å². The summed E-state index contributed by atoms with van der Waals surface area (Å²) >= 11 is 0. The number of aromatic amines is 1. The van der Waals surface area contributed by atoms with Crippen LogP contribution in [0.15, 0.2) is 35.1 Å². The van der Waals surface area contributed by atoms with Gasteiger partial charge in [-0.05, 0) is 81.5 Å². The molecule has 5 aliphatic rings. The van der Waals surface area contributed by atoms with Gasteiger partial charge in [0, 0.05) is 66.9 Å². The number of fused-ring (bicyclic) bond motifs is 1. The molecule has 9 heteroatoms. The van der Waals surface area contributed by atoms with E-state index in [1.807, 2.05) is 6.20 Å². The second-order valence-corrected chi connectivity index (χ2v) is 17.4. The molecule has 5 heterocycles. The normalized spacial score (nSPS) is 34.3. The van der Waals surface area contributed by atoms with Crippen molar-refractivity contribution in [2.24, 2.45) is 46.2 Å². The average Bonchev–Trinajstić information content (AvgIpc) is 3.91. The molecule has 5 N–H and O–H groups in total. The second kappa shape index (κ2) is 17.7. The van der Waals surface area contributed by atoms with Gasteiger partial charge in [0.1, 0.15) is 18.3 Å². The van der Waals surface area contributed by atoms with Crippen LogP contribution < -0.4 is 11.1 Å². The summed E-state index contributed by atoms with van der Waals surface area (Å²) in [5.41, 5.74) is 9.00. The smallest absolute Gasteiger partial charge is 0.132 e. The summed E-state index contributed by atoms with van der Waals surface area (Å²) in [5, 5.41) is 15.0. The molecule has 1 aliphatic carbocycles. The van der Waals surface area contributed by atoms with Gasteiger partial charge in [0.15, 0.2) is 0 Å². The van der Waals surface area contributed by atoms with Crippen LogP contribution in [0.3, 0.4) is 0 Å². The van der Waals surface area contributed by atoms with Gasteiger partial charge in [0.05, 0.1) is 25.0 Å². The fraction of sp³-hybridized carbons (Fsp3) is 0.810. The summed E-state index contributed by atoms with van der Waals surface area (Å²) in [6.07, 6.45) is 22.6. The summed E-state index contributed by atoms with van der Waals surface area (Å²) in [6, 6.07) is 0.249. The number of nitrogens with two attached hydrogens (primary N) is 1. The number of rotatable bonds is 9. The van der Waals surface area contributed by atoms with Crippen molar-refractivity contribution < 1.29 is 9.84 Å². The molecule has 1 aromatic rings. The number of nitrogens with zero attached hydrogens (tertiary/aromatic N) is 4. The van der Waals surface area contributed by atoms with Gasteiger partial charge in [-0.1, -0.05) is 72.6 Å². The summed E-state index contributed by atoms with van der Waals surface area (Å²) in [4.78, 5) is 18.4. The highest BCUT2D eigenvalue weighted by Crippen LogP contribution is 2.41.